The van der Waals surface area contributed by atoms with Gasteiger partial charge < -0.3 is 11.1 Å². The summed E-state index contributed by atoms with van der Waals surface area (Å²) in [6, 6.07) is 10.8. The van der Waals surface area contributed by atoms with Crippen molar-refractivity contribution in [3.05, 3.63) is 58.1 Å². The van der Waals surface area contributed by atoms with Crippen LogP contribution in [0.1, 0.15) is 24.1 Å². The van der Waals surface area contributed by atoms with Gasteiger partial charge in [0.15, 0.2) is 0 Å². The maximum atomic E-state index is 12.6. The molecule has 0 heterocycles. The average Bonchev–Trinajstić information content (AvgIpc) is 2.40. The van der Waals surface area contributed by atoms with Crippen molar-refractivity contribution in [2.24, 2.45) is 0 Å². The Kier molecular flexibility index (Phi) is 4.46. The van der Waals surface area contributed by atoms with Crippen molar-refractivity contribution in [3.63, 3.8) is 0 Å². The van der Waals surface area contributed by atoms with Gasteiger partial charge in [-0.15, -0.1) is 0 Å². The van der Waals surface area contributed by atoms with E-state index >= 15 is 0 Å². The van der Waals surface area contributed by atoms with Gasteiger partial charge in [-0.3, -0.25) is 0 Å². The second-order valence-electron chi connectivity index (χ2n) is 4.73. The topological polar surface area (TPSA) is 38.0 Å². The van der Waals surface area contributed by atoms with Gasteiger partial charge in [0.05, 0.1) is 5.56 Å². The fraction of sp³-hybridized carbons (Fsp3) is 0.200. The van der Waals surface area contributed by atoms with Gasteiger partial charge in [0, 0.05) is 21.9 Å². The molecule has 1 atom stereocenters. The van der Waals surface area contributed by atoms with E-state index in [0.29, 0.717) is 15.8 Å². The first kappa shape index (κ1) is 15.7. The van der Waals surface area contributed by atoms with E-state index in [0.717, 1.165) is 17.7 Å². The third kappa shape index (κ3) is 3.91. The van der Waals surface area contributed by atoms with E-state index in [4.69, 9.17) is 5.73 Å². The lowest BCUT2D eigenvalue weighted by Gasteiger charge is -2.18. The van der Waals surface area contributed by atoms with Crippen molar-refractivity contribution >= 4 is 27.3 Å². The maximum absolute atomic E-state index is 12.6. The lowest BCUT2D eigenvalue weighted by molar-refractivity contribution is -0.137. The molecule has 0 aliphatic heterocycles. The predicted octanol–water partition coefficient (Wildman–Crippen LogP) is 5.22. The maximum Gasteiger partial charge on any atom is 0.416 e. The van der Waals surface area contributed by atoms with E-state index in [9.17, 15) is 13.2 Å². The van der Waals surface area contributed by atoms with Gasteiger partial charge in [-0.1, -0.05) is 12.1 Å². The second-order valence-corrected chi connectivity index (χ2v) is 5.58. The van der Waals surface area contributed by atoms with Crippen molar-refractivity contribution in [2.45, 2.75) is 19.1 Å². The quantitative estimate of drug-likeness (QED) is 0.737. The van der Waals surface area contributed by atoms with Gasteiger partial charge in [-0.05, 0) is 58.7 Å². The van der Waals surface area contributed by atoms with Crippen molar-refractivity contribution in [1.29, 1.82) is 0 Å². The minimum absolute atomic E-state index is 0.0568. The molecular weight excluding hydrogens is 345 g/mol. The molecule has 0 radical (unpaired) electrons. The highest BCUT2D eigenvalue weighted by atomic mass is 79.9. The minimum atomic E-state index is -4.34. The number of halogens is 4. The van der Waals surface area contributed by atoms with Crippen LogP contribution in [-0.2, 0) is 6.18 Å². The molecular formula is C15H14BrF3N2. The molecule has 0 aromatic heterocycles. The molecule has 0 aliphatic rings. The van der Waals surface area contributed by atoms with Crippen LogP contribution in [0, 0.1) is 0 Å². The van der Waals surface area contributed by atoms with E-state index in [1.165, 1.54) is 6.07 Å². The Balaban J connectivity index is 2.18. The van der Waals surface area contributed by atoms with E-state index in [1.807, 2.05) is 19.1 Å². The van der Waals surface area contributed by atoms with E-state index < -0.39 is 11.7 Å². The van der Waals surface area contributed by atoms with Crippen LogP contribution in [0.5, 0.6) is 0 Å². The number of nitrogen functional groups attached to an aromatic ring is 1. The van der Waals surface area contributed by atoms with Crippen LogP contribution in [-0.4, -0.2) is 0 Å². The van der Waals surface area contributed by atoms with Gasteiger partial charge >= 0.3 is 6.18 Å². The summed E-state index contributed by atoms with van der Waals surface area (Å²) >= 11 is 3.17. The fourth-order valence-electron chi connectivity index (χ4n) is 1.91. The molecule has 2 aromatic carbocycles. The summed E-state index contributed by atoms with van der Waals surface area (Å²) in [5.41, 5.74) is 7.21. The summed E-state index contributed by atoms with van der Waals surface area (Å²) in [6.45, 7) is 1.93. The third-order valence-corrected chi connectivity index (χ3v) is 3.76. The highest BCUT2D eigenvalue weighted by Crippen LogP contribution is 2.35. The summed E-state index contributed by atoms with van der Waals surface area (Å²) in [5, 5.41) is 3.17. The molecule has 0 bridgehead atoms. The molecule has 2 aromatic rings. The Hall–Kier alpha value is -1.69. The third-order valence-electron chi connectivity index (χ3n) is 3.10. The zero-order valence-corrected chi connectivity index (χ0v) is 12.8. The molecule has 0 spiro atoms. The van der Waals surface area contributed by atoms with Crippen LogP contribution in [0.3, 0.4) is 0 Å². The Bertz CT molecular complexity index is 624. The number of benzene rings is 2. The Morgan fingerprint density at radius 1 is 1.10 bits per heavy atom. The van der Waals surface area contributed by atoms with Crippen molar-refractivity contribution in [3.8, 4) is 0 Å². The summed E-state index contributed by atoms with van der Waals surface area (Å²) in [4.78, 5) is 0. The number of alkyl halides is 3. The lowest BCUT2D eigenvalue weighted by atomic mass is 10.1. The molecule has 0 amide bonds. The van der Waals surface area contributed by atoms with E-state index in [2.05, 4.69) is 21.2 Å². The molecule has 3 N–H and O–H groups in total. The SMILES string of the molecule is CC(Nc1ccc(C(F)(F)F)cc1Br)c1ccc(N)cc1. The van der Waals surface area contributed by atoms with Gasteiger partial charge in [-0.25, -0.2) is 0 Å². The number of hydrogen-bond donors (Lipinski definition) is 2. The molecule has 1 unspecified atom stereocenters. The number of rotatable bonds is 3. The van der Waals surface area contributed by atoms with E-state index in [-0.39, 0.29) is 6.04 Å². The van der Waals surface area contributed by atoms with E-state index in [1.54, 1.807) is 12.1 Å². The summed E-state index contributed by atoms with van der Waals surface area (Å²) in [6.07, 6.45) is -4.34. The summed E-state index contributed by atoms with van der Waals surface area (Å²) in [5.74, 6) is 0. The van der Waals surface area contributed by atoms with Gasteiger partial charge in [-0.2, -0.15) is 13.2 Å². The largest absolute Gasteiger partial charge is 0.416 e. The predicted molar refractivity (Wildman–Crippen MR) is 82.0 cm³/mol. The summed E-state index contributed by atoms with van der Waals surface area (Å²) in [7, 11) is 0. The molecule has 2 nitrogen and oxygen atoms in total. The highest BCUT2D eigenvalue weighted by molar-refractivity contribution is 9.10. The molecule has 0 aliphatic carbocycles. The minimum Gasteiger partial charge on any atom is -0.399 e. The second kappa shape index (κ2) is 5.97. The number of anilines is 2. The van der Waals surface area contributed by atoms with Crippen LogP contribution in [0.15, 0.2) is 46.9 Å². The Morgan fingerprint density at radius 2 is 1.71 bits per heavy atom. The van der Waals surface area contributed by atoms with Gasteiger partial charge in [0.2, 0.25) is 0 Å². The van der Waals surface area contributed by atoms with Crippen LogP contribution < -0.4 is 11.1 Å². The standard InChI is InChI=1S/C15H14BrF3N2/c1-9(10-2-5-12(20)6-3-10)21-14-7-4-11(8-13(14)16)15(17,18)19/h2-9,21H,20H2,1H3. The highest BCUT2D eigenvalue weighted by Gasteiger charge is 2.30. The molecule has 21 heavy (non-hydrogen) atoms. The zero-order chi connectivity index (χ0) is 15.6. The molecule has 112 valence electrons. The first-order valence-corrected chi connectivity index (χ1v) is 7.05. The molecule has 6 heteroatoms. The number of nitrogens with one attached hydrogen (secondary N) is 1. The normalized spacial score (nSPS) is 13.0. The van der Waals surface area contributed by atoms with Crippen molar-refractivity contribution in [1.82, 2.24) is 0 Å². The molecule has 0 saturated heterocycles. The zero-order valence-electron chi connectivity index (χ0n) is 11.2. The molecule has 2 rings (SSSR count). The fourth-order valence-corrected chi connectivity index (χ4v) is 2.40. The molecule has 0 saturated carbocycles. The van der Waals surface area contributed by atoms with Crippen LogP contribution in [0.2, 0.25) is 0 Å². The number of hydrogen-bond acceptors (Lipinski definition) is 2. The molecule has 0 fully saturated rings. The van der Waals surface area contributed by atoms with Gasteiger partial charge in [0.1, 0.15) is 0 Å². The van der Waals surface area contributed by atoms with Crippen molar-refractivity contribution < 1.29 is 13.2 Å². The number of nitrogens with two attached hydrogens (primary N) is 1. The monoisotopic (exact) mass is 358 g/mol. The first-order chi connectivity index (χ1) is 9.77. The summed E-state index contributed by atoms with van der Waals surface area (Å²) < 4.78 is 38.2. The van der Waals surface area contributed by atoms with Crippen LogP contribution >= 0.6 is 15.9 Å². The Morgan fingerprint density at radius 3 is 2.24 bits per heavy atom. The average molecular weight is 359 g/mol. The Labute approximate surface area is 129 Å². The van der Waals surface area contributed by atoms with Crippen LogP contribution in [0.4, 0.5) is 24.5 Å². The van der Waals surface area contributed by atoms with Crippen molar-refractivity contribution in [2.75, 3.05) is 11.1 Å². The lowest BCUT2D eigenvalue weighted by Crippen LogP contribution is -2.09. The van der Waals surface area contributed by atoms with Gasteiger partial charge in [0.25, 0.3) is 0 Å². The van der Waals surface area contributed by atoms with Crippen LogP contribution in [0.25, 0.3) is 0 Å². The first-order valence-electron chi connectivity index (χ1n) is 6.26. The smallest absolute Gasteiger partial charge is 0.399 e.